The fourth-order valence-corrected chi connectivity index (χ4v) is 2.59. The van der Waals surface area contributed by atoms with Crippen molar-refractivity contribution >= 4 is 5.82 Å². The minimum absolute atomic E-state index is 0.0303. The average Bonchev–Trinajstić information content (AvgIpc) is 2.67. The van der Waals surface area contributed by atoms with E-state index in [-0.39, 0.29) is 18.2 Å². The van der Waals surface area contributed by atoms with Crippen LogP contribution in [0.3, 0.4) is 0 Å². The Balaban J connectivity index is 2.26. The summed E-state index contributed by atoms with van der Waals surface area (Å²) in [6.45, 7) is 6.31. The number of nitrogens with zero attached hydrogens (tertiary/aromatic N) is 4. The van der Waals surface area contributed by atoms with Gasteiger partial charge < -0.3 is 15.3 Å². The van der Waals surface area contributed by atoms with Crippen molar-refractivity contribution in [2.45, 2.75) is 32.5 Å². The van der Waals surface area contributed by atoms with Crippen molar-refractivity contribution in [3.05, 3.63) is 36.3 Å². The van der Waals surface area contributed by atoms with Crippen LogP contribution in [0.5, 0.6) is 0 Å². The maximum absolute atomic E-state index is 13.2. The molecule has 6 nitrogen and oxygen atoms in total. The predicted molar refractivity (Wildman–Crippen MR) is 97.2 cm³/mol. The first-order valence-electron chi connectivity index (χ1n) is 8.83. The quantitative estimate of drug-likeness (QED) is 0.693. The molecule has 27 heavy (non-hydrogen) atoms. The molecule has 2 N–H and O–H groups in total. The Labute approximate surface area is 156 Å². The van der Waals surface area contributed by atoms with Gasteiger partial charge in [-0.1, -0.05) is 13.8 Å². The van der Waals surface area contributed by atoms with Crippen LogP contribution in [0.4, 0.5) is 19.0 Å². The van der Waals surface area contributed by atoms with Gasteiger partial charge in [0, 0.05) is 30.6 Å². The SMILES string of the molecule is CCN(CC)CC[C@@H](CO)Nc1cc(C(F)(F)F)nc(-c2ccncc2)n1. The van der Waals surface area contributed by atoms with Gasteiger partial charge in [-0.25, -0.2) is 9.97 Å². The third-order valence-electron chi connectivity index (χ3n) is 4.22. The molecule has 0 aromatic carbocycles. The zero-order chi connectivity index (χ0) is 19.9. The normalized spacial score (nSPS) is 13.0. The lowest BCUT2D eigenvalue weighted by Gasteiger charge is -2.23. The zero-order valence-corrected chi connectivity index (χ0v) is 15.4. The van der Waals surface area contributed by atoms with Gasteiger partial charge in [0.25, 0.3) is 0 Å². The van der Waals surface area contributed by atoms with Crippen LogP contribution >= 0.6 is 0 Å². The molecular weight excluding hydrogens is 359 g/mol. The van der Waals surface area contributed by atoms with Gasteiger partial charge in [0.2, 0.25) is 0 Å². The summed E-state index contributed by atoms with van der Waals surface area (Å²) in [5, 5.41) is 12.5. The Hall–Kier alpha value is -2.26. The summed E-state index contributed by atoms with van der Waals surface area (Å²) in [5.41, 5.74) is -0.602. The molecule has 0 aliphatic rings. The number of nitrogens with one attached hydrogen (secondary N) is 1. The molecule has 0 aliphatic carbocycles. The molecular formula is C18H24F3N5O. The molecule has 0 bridgehead atoms. The first kappa shape index (κ1) is 21.0. The topological polar surface area (TPSA) is 74.2 Å². The molecule has 2 heterocycles. The Kier molecular flexibility index (Phi) is 7.49. The monoisotopic (exact) mass is 383 g/mol. The van der Waals surface area contributed by atoms with Crippen molar-refractivity contribution < 1.29 is 18.3 Å². The van der Waals surface area contributed by atoms with Gasteiger partial charge in [-0.2, -0.15) is 13.2 Å². The lowest BCUT2D eigenvalue weighted by atomic mass is 10.2. The summed E-state index contributed by atoms with van der Waals surface area (Å²) in [6, 6.07) is 3.55. The molecule has 0 unspecified atom stereocenters. The second-order valence-electron chi connectivity index (χ2n) is 6.04. The van der Waals surface area contributed by atoms with Crippen molar-refractivity contribution in [1.29, 1.82) is 0 Å². The van der Waals surface area contributed by atoms with Crippen LogP contribution in [0, 0.1) is 0 Å². The lowest BCUT2D eigenvalue weighted by Crippen LogP contribution is -2.32. The maximum Gasteiger partial charge on any atom is 0.433 e. The van der Waals surface area contributed by atoms with Crippen molar-refractivity contribution in [2.24, 2.45) is 0 Å². The second-order valence-corrected chi connectivity index (χ2v) is 6.04. The summed E-state index contributed by atoms with van der Waals surface area (Å²) in [5.74, 6) is -0.0158. The Morgan fingerprint density at radius 1 is 1.15 bits per heavy atom. The molecule has 2 rings (SSSR count). The van der Waals surface area contributed by atoms with Gasteiger partial charge in [0.1, 0.15) is 5.82 Å². The van der Waals surface area contributed by atoms with E-state index in [0.29, 0.717) is 12.0 Å². The van der Waals surface area contributed by atoms with E-state index in [1.807, 2.05) is 13.8 Å². The molecule has 0 saturated heterocycles. The molecule has 148 valence electrons. The first-order chi connectivity index (χ1) is 12.9. The average molecular weight is 383 g/mol. The minimum Gasteiger partial charge on any atom is -0.394 e. The van der Waals surface area contributed by atoms with Crippen LogP contribution in [0.15, 0.2) is 30.6 Å². The number of aliphatic hydroxyl groups is 1. The van der Waals surface area contributed by atoms with Crippen LogP contribution in [0.1, 0.15) is 26.0 Å². The molecule has 0 fully saturated rings. The van der Waals surface area contributed by atoms with E-state index >= 15 is 0 Å². The molecule has 1 atom stereocenters. The largest absolute Gasteiger partial charge is 0.433 e. The Morgan fingerprint density at radius 2 is 1.81 bits per heavy atom. The molecule has 2 aromatic rings. The number of aromatic nitrogens is 3. The van der Waals surface area contributed by atoms with E-state index < -0.39 is 17.9 Å². The summed E-state index contributed by atoms with van der Waals surface area (Å²) in [4.78, 5) is 13.9. The van der Waals surface area contributed by atoms with E-state index in [2.05, 4.69) is 25.2 Å². The van der Waals surface area contributed by atoms with Crippen LogP contribution < -0.4 is 5.32 Å². The fourth-order valence-electron chi connectivity index (χ4n) is 2.59. The number of anilines is 1. The highest BCUT2D eigenvalue weighted by molar-refractivity contribution is 5.57. The number of aliphatic hydroxyl groups excluding tert-OH is 1. The highest BCUT2D eigenvalue weighted by atomic mass is 19.4. The zero-order valence-electron chi connectivity index (χ0n) is 15.4. The van der Waals surface area contributed by atoms with E-state index in [9.17, 15) is 18.3 Å². The van der Waals surface area contributed by atoms with Crippen LogP contribution in [0.2, 0.25) is 0 Å². The van der Waals surface area contributed by atoms with Gasteiger partial charge >= 0.3 is 6.18 Å². The summed E-state index contributed by atoms with van der Waals surface area (Å²) >= 11 is 0. The number of pyridine rings is 1. The summed E-state index contributed by atoms with van der Waals surface area (Å²) < 4.78 is 39.7. The van der Waals surface area contributed by atoms with Gasteiger partial charge in [-0.05, 0) is 31.6 Å². The van der Waals surface area contributed by atoms with Crippen molar-refractivity contribution in [3.8, 4) is 11.4 Å². The van der Waals surface area contributed by atoms with Crippen LogP contribution in [-0.4, -0.2) is 57.2 Å². The van der Waals surface area contributed by atoms with Gasteiger partial charge in [0.15, 0.2) is 11.5 Å². The molecule has 2 aromatic heterocycles. The molecule has 0 radical (unpaired) electrons. The molecule has 0 spiro atoms. The number of hydrogen-bond donors (Lipinski definition) is 2. The minimum atomic E-state index is -4.60. The second kappa shape index (κ2) is 9.61. The Morgan fingerprint density at radius 3 is 2.37 bits per heavy atom. The third-order valence-corrected chi connectivity index (χ3v) is 4.22. The summed E-state index contributed by atoms with van der Waals surface area (Å²) in [6.07, 6.45) is -1.09. The van der Waals surface area contributed by atoms with Gasteiger partial charge in [-0.3, -0.25) is 4.98 Å². The number of rotatable bonds is 9. The van der Waals surface area contributed by atoms with Gasteiger partial charge in [-0.15, -0.1) is 0 Å². The van der Waals surface area contributed by atoms with Crippen molar-refractivity contribution in [3.63, 3.8) is 0 Å². The standard InChI is InChI=1S/C18H24F3N5O/c1-3-26(4-2)10-7-14(12-27)23-16-11-15(18(19,20)21)24-17(25-16)13-5-8-22-9-6-13/h5-6,8-9,11,14,27H,3-4,7,10,12H2,1-2H3,(H,23,24,25)/t14-/m0/s1. The smallest absolute Gasteiger partial charge is 0.394 e. The number of alkyl halides is 3. The fraction of sp³-hybridized carbons (Fsp3) is 0.500. The first-order valence-corrected chi connectivity index (χ1v) is 8.83. The number of hydrogen-bond acceptors (Lipinski definition) is 6. The highest BCUT2D eigenvalue weighted by Gasteiger charge is 2.34. The Bertz CT molecular complexity index is 708. The van der Waals surface area contributed by atoms with E-state index in [0.717, 1.165) is 25.7 Å². The lowest BCUT2D eigenvalue weighted by molar-refractivity contribution is -0.141. The van der Waals surface area contributed by atoms with Crippen LogP contribution in [-0.2, 0) is 6.18 Å². The van der Waals surface area contributed by atoms with Crippen molar-refractivity contribution in [2.75, 3.05) is 31.6 Å². The van der Waals surface area contributed by atoms with E-state index in [1.54, 1.807) is 12.1 Å². The highest BCUT2D eigenvalue weighted by Crippen LogP contribution is 2.30. The van der Waals surface area contributed by atoms with E-state index in [4.69, 9.17) is 0 Å². The molecule has 0 saturated carbocycles. The van der Waals surface area contributed by atoms with E-state index in [1.165, 1.54) is 12.4 Å². The number of halogens is 3. The predicted octanol–water partition coefficient (Wildman–Crippen LogP) is 3.06. The van der Waals surface area contributed by atoms with Gasteiger partial charge in [0.05, 0.1) is 12.6 Å². The molecule has 9 heteroatoms. The molecule has 0 aliphatic heterocycles. The van der Waals surface area contributed by atoms with Crippen LogP contribution in [0.25, 0.3) is 11.4 Å². The summed E-state index contributed by atoms with van der Waals surface area (Å²) in [7, 11) is 0. The van der Waals surface area contributed by atoms with Crippen molar-refractivity contribution in [1.82, 2.24) is 19.9 Å². The maximum atomic E-state index is 13.2. The third kappa shape index (κ3) is 6.14. The molecule has 0 amide bonds.